The van der Waals surface area contributed by atoms with Gasteiger partial charge in [-0.3, -0.25) is 0 Å². The van der Waals surface area contributed by atoms with Crippen molar-refractivity contribution in [1.29, 1.82) is 0 Å². The first-order valence-electron chi connectivity index (χ1n) is 7.24. The van der Waals surface area contributed by atoms with Gasteiger partial charge in [0.1, 0.15) is 0 Å². The summed E-state index contributed by atoms with van der Waals surface area (Å²) in [5.74, 6) is 0.761. The molecule has 1 aromatic carbocycles. The predicted molar refractivity (Wildman–Crippen MR) is 80.6 cm³/mol. The molecule has 2 unspecified atom stereocenters. The highest BCUT2D eigenvalue weighted by Crippen LogP contribution is 2.21. The molecule has 1 heterocycles. The van der Waals surface area contributed by atoms with Gasteiger partial charge < -0.3 is 14.9 Å². The maximum absolute atomic E-state index is 10.3. The maximum Gasteiger partial charge on any atom is 0.0916 e. The summed E-state index contributed by atoms with van der Waals surface area (Å²) in [5.41, 5.74) is 2.19. The van der Waals surface area contributed by atoms with Gasteiger partial charge in [0.2, 0.25) is 0 Å². The molecular formula is C16H26N2O. The van der Waals surface area contributed by atoms with E-state index in [0.29, 0.717) is 0 Å². The molecular weight excluding hydrogens is 236 g/mol. The smallest absolute Gasteiger partial charge is 0.0916 e. The molecule has 1 saturated heterocycles. The number of piperidine rings is 1. The molecule has 1 aromatic rings. The van der Waals surface area contributed by atoms with Crippen LogP contribution in [0.1, 0.15) is 31.4 Å². The normalized spacial score (nSPS) is 22.2. The van der Waals surface area contributed by atoms with E-state index in [4.69, 9.17) is 0 Å². The SMILES string of the molecule is CC1CCCN(CC(O)c2ccc(N(C)C)cc2)C1. The Morgan fingerprint density at radius 2 is 2.00 bits per heavy atom. The lowest BCUT2D eigenvalue weighted by atomic mass is 9.99. The number of rotatable bonds is 4. The van der Waals surface area contributed by atoms with Crippen molar-refractivity contribution in [3.05, 3.63) is 29.8 Å². The molecule has 0 bridgehead atoms. The molecule has 1 aliphatic rings. The van der Waals surface area contributed by atoms with Gasteiger partial charge in [-0.1, -0.05) is 19.1 Å². The number of β-amino-alcohol motifs (C(OH)–C–C–N with tert-alkyl or cyclic N) is 1. The first-order valence-corrected chi connectivity index (χ1v) is 7.24. The monoisotopic (exact) mass is 262 g/mol. The summed E-state index contributed by atoms with van der Waals surface area (Å²) in [6, 6.07) is 8.20. The highest BCUT2D eigenvalue weighted by molar-refractivity contribution is 5.46. The Morgan fingerprint density at radius 3 is 2.58 bits per heavy atom. The summed E-state index contributed by atoms with van der Waals surface area (Å²) in [6.07, 6.45) is 2.21. The van der Waals surface area contributed by atoms with Crippen LogP contribution in [0.15, 0.2) is 24.3 Å². The van der Waals surface area contributed by atoms with Crippen LogP contribution in [-0.4, -0.2) is 43.7 Å². The third kappa shape index (κ3) is 3.95. The van der Waals surface area contributed by atoms with E-state index in [1.54, 1.807) is 0 Å². The van der Waals surface area contributed by atoms with E-state index in [-0.39, 0.29) is 6.10 Å². The number of hydrogen-bond donors (Lipinski definition) is 1. The van der Waals surface area contributed by atoms with Crippen LogP contribution in [0.25, 0.3) is 0 Å². The minimum atomic E-state index is -0.374. The summed E-state index contributed by atoms with van der Waals surface area (Å²) in [5, 5.41) is 10.3. The molecule has 2 atom stereocenters. The predicted octanol–water partition coefficient (Wildman–Crippen LogP) is 2.52. The highest BCUT2D eigenvalue weighted by Gasteiger charge is 2.19. The third-order valence-corrected chi connectivity index (χ3v) is 3.97. The number of hydrogen-bond acceptors (Lipinski definition) is 3. The van der Waals surface area contributed by atoms with E-state index >= 15 is 0 Å². The fraction of sp³-hybridized carbons (Fsp3) is 0.625. The van der Waals surface area contributed by atoms with E-state index < -0.39 is 0 Å². The van der Waals surface area contributed by atoms with Gasteiger partial charge in [0.25, 0.3) is 0 Å². The lowest BCUT2D eigenvalue weighted by Gasteiger charge is -2.32. The van der Waals surface area contributed by atoms with Gasteiger partial charge in [0, 0.05) is 32.9 Å². The topological polar surface area (TPSA) is 26.7 Å². The van der Waals surface area contributed by atoms with Gasteiger partial charge in [-0.15, -0.1) is 0 Å². The first-order chi connectivity index (χ1) is 9.06. The van der Waals surface area contributed by atoms with Crippen molar-refractivity contribution in [3.8, 4) is 0 Å². The molecule has 0 radical (unpaired) electrons. The van der Waals surface area contributed by atoms with Crippen molar-refractivity contribution >= 4 is 5.69 Å². The molecule has 19 heavy (non-hydrogen) atoms. The molecule has 0 saturated carbocycles. The van der Waals surface area contributed by atoms with Crippen LogP contribution in [0.3, 0.4) is 0 Å². The van der Waals surface area contributed by atoms with Crippen molar-refractivity contribution in [2.24, 2.45) is 5.92 Å². The maximum atomic E-state index is 10.3. The van der Waals surface area contributed by atoms with Crippen molar-refractivity contribution in [3.63, 3.8) is 0 Å². The quantitative estimate of drug-likeness (QED) is 0.903. The summed E-state index contributed by atoms with van der Waals surface area (Å²) >= 11 is 0. The van der Waals surface area contributed by atoms with Gasteiger partial charge in [-0.25, -0.2) is 0 Å². The summed E-state index contributed by atoms with van der Waals surface area (Å²) in [4.78, 5) is 4.46. The minimum Gasteiger partial charge on any atom is -0.387 e. The number of benzene rings is 1. The van der Waals surface area contributed by atoms with Crippen LogP contribution in [0, 0.1) is 5.92 Å². The molecule has 3 nitrogen and oxygen atoms in total. The fourth-order valence-electron chi connectivity index (χ4n) is 2.80. The fourth-order valence-corrected chi connectivity index (χ4v) is 2.80. The lowest BCUT2D eigenvalue weighted by Crippen LogP contribution is -2.37. The number of aliphatic hydroxyl groups excluding tert-OH is 1. The van der Waals surface area contributed by atoms with E-state index in [9.17, 15) is 5.11 Å². The molecule has 1 aliphatic heterocycles. The average Bonchev–Trinajstić information content (AvgIpc) is 2.39. The zero-order valence-corrected chi connectivity index (χ0v) is 12.3. The molecule has 3 heteroatoms. The standard InChI is InChI=1S/C16H26N2O/c1-13-5-4-10-18(11-13)12-16(19)14-6-8-15(9-7-14)17(2)3/h6-9,13,16,19H,4-5,10-12H2,1-3H3. The van der Waals surface area contributed by atoms with E-state index in [2.05, 4.69) is 28.9 Å². The van der Waals surface area contributed by atoms with Gasteiger partial charge in [0.15, 0.2) is 0 Å². The Kier molecular flexibility index (Phi) is 4.83. The Balaban J connectivity index is 1.93. The van der Waals surface area contributed by atoms with Crippen LogP contribution in [-0.2, 0) is 0 Å². The van der Waals surface area contributed by atoms with Crippen LogP contribution in [0.4, 0.5) is 5.69 Å². The Bertz CT molecular complexity index is 388. The average molecular weight is 262 g/mol. The molecule has 106 valence electrons. The number of nitrogens with zero attached hydrogens (tertiary/aromatic N) is 2. The Hall–Kier alpha value is -1.06. The molecule has 1 fully saturated rings. The van der Waals surface area contributed by atoms with E-state index in [1.807, 2.05) is 26.2 Å². The Morgan fingerprint density at radius 1 is 1.32 bits per heavy atom. The largest absolute Gasteiger partial charge is 0.387 e. The minimum absolute atomic E-state index is 0.374. The van der Waals surface area contributed by atoms with Gasteiger partial charge in [-0.2, -0.15) is 0 Å². The van der Waals surface area contributed by atoms with E-state index in [1.165, 1.54) is 18.5 Å². The zero-order valence-electron chi connectivity index (χ0n) is 12.3. The highest BCUT2D eigenvalue weighted by atomic mass is 16.3. The summed E-state index contributed by atoms with van der Waals surface area (Å²) < 4.78 is 0. The Labute approximate surface area is 116 Å². The van der Waals surface area contributed by atoms with Gasteiger partial charge in [-0.05, 0) is 43.0 Å². The van der Waals surface area contributed by atoms with Crippen molar-refractivity contribution in [2.45, 2.75) is 25.9 Å². The zero-order chi connectivity index (χ0) is 13.8. The summed E-state index contributed by atoms with van der Waals surface area (Å²) in [7, 11) is 4.06. The number of likely N-dealkylation sites (tertiary alicyclic amines) is 1. The molecule has 0 aliphatic carbocycles. The summed E-state index contributed by atoms with van der Waals surface area (Å²) in [6.45, 7) is 5.29. The molecule has 0 aromatic heterocycles. The lowest BCUT2D eigenvalue weighted by molar-refractivity contribution is 0.0876. The second-order valence-corrected chi connectivity index (χ2v) is 6.01. The van der Waals surface area contributed by atoms with Crippen LogP contribution >= 0.6 is 0 Å². The van der Waals surface area contributed by atoms with E-state index in [0.717, 1.165) is 31.1 Å². The van der Waals surface area contributed by atoms with Crippen molar-refractivity contribution < 1.29 is 5.11 Å². The van der Waals surface area contributed by atoms with Crippen molar-refractivity contribution in [2.75, 3.05) is 38.6 Å². The molecule has 0 amide bonds. The van der Waals surface area contributed by atoms with Crippen LogP contribution in [0.2, 0.25) is 0 Å². The third-order valence-electron chi connectivity index (χ3n) is 3.97. The second kappa shape index (κ2) is 6.40. The number of aliphatic hydroxyl groups is 1. The van der Waals surface area contributed by atoms with Gasteiger partial charge in [0.05, 0.1) is 6.10 Å². The van der Waals surface area contributed by atoms with Crippen LogP contribution < -0.4 is 4.90 Å². The second-order valence-electron chi connectivity index (χ2n) is 6.01. The molecule has 0 spiro atoms. The molecule has 2 rings (SSSR count). The van der Waals surface area contributed by atoms with Crippen LogP contribution in [0.5, 0.6) is 0 Å². The van der Waals surface area contributed by atoms with Crippen molar-refractivity contribution in [1.82, 2.24) is 4.90 Å². The van der Waals surface area contributed by atoms with Gasteiger partial charge >= 0.3 is 0 Å². The first kappa shape index (κ1) is 14.4. The number of anilines is 1. The molecule has 1 N–H and O–H groups in total.